The van der Waals surface area contributed by atoms with Gasteiger partial charge in [0.1, 0.15) is 18.1 Å². The van der Waals surface area contributed by atoms with Crippen molar-refractivity contribution in [3.05, 3.63) is 47.1 Å². The quantitative estimate of drug-likeness (QED) is 0.650. The lowest BCUT2D eigenvalue weighted by molar-refractivity contribution is 0.343. The van der Waals surface area contributed by atoms with E-state index < -0.39 is 0 Å². The van der Waals surface area contributed by atoms with E-state index in [0.717, 1.165) is 43.8 Å². The molecule has 0 atom stereocenters. The molecular formula is C19H26O2. The lowest BCUT2D eigenvalue weighted by atomic mass is 10.1. The number of allylic oxidation sites excluding steroid dienone is 3. The van der Waals surface area contributed by atoms with Gasteiger partial charge in [-0.3, -0.25) is 0 Å². The zero-order chi connectivity index (χ0) is 15.1. The van der Waals surface area contributed by atoms with E-state index in [2.05, 4.69) is 39.0 Å². The standard InChI is InChI=1S/C19H26O2/c1-4-15(2)6-5-7-16(3)10-12-20-18-9-8-17-11-13-21-19(17)14-18/h6,8-10,14H,4-5,7,11-13H2,1-3H3/b15-6+,16-10+. The van der Waals surface area contributed by atoms with E-state index in [0.29, 0.717) is 6.61 Å². The Labute approximate surface area is 128 Å². The first-order chi connectivity index (χ1) is 10.2. The molecule has 0 unspecified atom stereocenters. The van der Waals surface area contributed by atoms with Gasteiger partial charge >= 0.3 is 0 Å². The molecule has 1 aromatic carbocycles. The molecule has 1 aromatic rings. The third-order valence-corrected chi connectivity index (χ3v) is 3.94. The van der Waals surface area contributed by atoms with Crippen LogP contribution < -0.4 is 9.47 Å². The highest BCUT2D eigenvalue weighted by Gasteiger charge is 2.12. The molecule has 0 fully saturated rings. The summed E-state index contributed by atoms with van der Waals surface area (Å²) in [6.45, 7) is 7.98. The lowest BCUT2D eigenvalue weighted by Gasteiger charge is -2.06. The molecule has 2 heteroatoms. The molecule has 114 valence electrons. The Bertz CT molecular complexity index is 526. The van der Waals surface area contributed by atoms with Crippen LogP contribution in [0, 0.1) is 0 Å². The molecule has 0 radical (unpaired) electrons. The number of hydrogen-bond acceptors (Lipinski definition) is 2. The van der Waals surface area contributed by atoms with Gasteiger partial charge in [0, 0.05) is 12.5 Å². The monoisotopic (exact) mass is 286 g/mol. The average Bonchev–Trinajstić information content (AvgIpc) is 2.94. The first-order valence-corrected chi connectivity index (χ1v) is 7.89. The van der Waals surface area contributed by atoms with Gasteiger partial charge in [0.25, 0.3) is 0 Å². The van der Waals surface area contributed by atoms with Crippen molar-refractivity contribution in [3.8, 4) is 11.5 Å². The fourth-order valence-electron chi connectivity index (χ4n) is 2.31. The maximum atomic E-state index is 5.78. The van der Waals surface area contributed by atoms with Crippen molar-refractivity contribution in [2.75, 3.05) is 13.2 Å². The van der Waals surface area contributed by atoms with Crippen LogP contribution in [-0.4, -0.2) is 13.2 Å². The van der Waals surface area contributed by atoms with E-state index in [4.69, 9.17) is 9.47 Å². The van der Waals surface area contributed by atoms with Gasteiger partial charge in [-0.2, -0.15) is 0 Å². The Morgan fingerprint density at radius 3 is 2.90 bits per heavy atom. The maximum Gasteiger partial charge on any atom is 0.126 e. The van der Waals surface area contributed by atoms with Crippen molar-refractivity contribution in [1.29, 1.82) is 0 Å². The molecule has 0 spiro atoms. The van der Waals surface area contributed by atoms with Gasteiger partial charge in [-0.25, -0.2) is 0 Å². The van der Waals surface area contributed by atoms with Crippen molar-refractivity contribution in [2.24, 2.45) is 0 Å². The SMILES string of the molecule is CC/C(C)=C/CC/C(C)=C/COc1ccc2c(c1)OCC2. The van der Waals surface area contributed by atoms with Gasteiger partial charge in [-0.1, -0.05) is 30.2 Å². The Kier molecular flexibility index (Phi) is 5.91. The van der Waals surface area contributed by atoms with Gasteiger partial charge < -0.3 is 9.47 Å². The molecule has 0 aliphatic carbocycles. The second-order valence-corrected chi connectivity index (χ2v) is 5.67. The van der Waals surface area contributed by atoms with Gasteiger partial charge in [0.05, 0.1) is 6.61 Å². The van der Waals surface area contributed by atoms with E-state index in [1.807, 2.05) is 12.1 Å². The summed E-state index contributed by atoms with van der Waals surface area (Å²) in [5.41, 5.74) is 4.14. The second-order valence-electron chi connectivity index (χ2n) is 5.67. The summed E-state index contributed by atoms with van der Waals surface area (Å²) in [6, 6.07) is 6.13. The van der Waals surface area contributed by atoms with Crippen LogP contribution in [0.15, 0.2) is 41.5 Å². The lowest BCUT2D eigenvalue weighted by Crippen LogP contribution is -1.95. The molecular weight excluding hydrogens is 260 g/mol. The molecule has 0 amide bonds. The highest BCUT2D eigenvalue weighted by atomic mass is 16.5. The molecule has 0 bridgehead atoms. The second kappa shape index (κ2) is 7.92. The first kappa shape index (κ1) is 15.7. The minimum atomic E-state index is 0.626. The summed E-state index contributed by atoms with van der Waals surface area (Å²) in [5, 5.41) is 0. The third-order valence-electron chi connectivity index (χ3n) is 3.94. The Hall–Kier alpha value is -1.70. The van der Waals surface area contributed by atoms with Gasteiger partial charge in [-0.15, -0.1) is 0 Å². The molecule has 0 aromatic heterocycles. The zero-order valence-electron chi connectivity index (χ0n) is 13.4. The summed E-state index contributed by atoms with van der Waals surface area (Å²) in [6.07, 6.45) is 8.88. The van der Waals surface area contributed by atoms with Crippen LogP contribution >= 0.6 is 0 Å². The number of benzene rings is 1. The largest absolute Gasteiger partial charge is 0.493 e. The predicted octanol–water partition coefficient (Wildman–Crippen LogP) is 5.08. The Morgan fingerprint density at radius 2 is 2.10 bits per heavy atom. The van der Waals surface area contributed by atoms with Crippen molar-refractivity contribution < 1.29 is 9.47 Å². The molecule has 2 rings (SSSR count). The fourth-order valence-corrected chi connectivity index (χ4v) is 2.31. The Balaban J connectivity index is 1.76. The number of fused-ring (bicyclic) bond motifs is 1. The molecule has 0 N–H and O–H groups in total. The molecule has 21 heavy (non-hydrogen) atoms. The fraction of sp³-hybridized carbons (Fsp3) is 0.474. The summed E-state index contributed by atoms with van der Waals surface area (Å²) in [4.78, 5) is 0. The van der Waals surface area contributed by atoms with Crippen LogP contribution in [0.25, 0.3) is 0 Å². The molecule has 0 saturated heterocycles. The van der Waals surface area contributed by atoms with E-state index in [-0.39, 0.29) is 0 Å². The molecule has 1 aliphatic heterocycles. The maximum absolute atomic E-state index is 5.78. The predicted molar refractivity (Wildman–Crippen MR) is 88.2 cm³/mol. The highest BCUT2D eigenvalue weighted by Crippen LogP contribution is 2.29. The molecule has 0 saturated carbocycles. The Morgan fingerprint density at radius 1 is 1.24 bits per heavy atom. The van der Waals surface area contributed by atoms with Crippen LogP contribution in [0.5, 0.6) is 11.5 Å². The normalized spacial score (nSPS) is 14.8. The van der Waals surface area contributed by atoms with Gasteiger partial charge in [0.2, 0.25) is 0 Å². The van der Waals surface area contributed by atoms with Crippen LogP contribution in [-0.2, 0) is 6.42 Å². The first-order valence-electron chi connectivity index (χ1n) is 7.89. The molecule has 1 aliphatic rings. The highest BCUT2D eigenvalue weighted by molar-refractivity contribution is 5.42. The molecule has 1 heterocycles. The van der Waals surface area contributed by atoms with E-state index in [1.54, 1.807) is 0 Å². The van der Waals surface area contributed by atoms with Gasteiger partial charge in [-0.05, 0) is 50.8 Å². The summed E-state index contributed by atoms with van der Waals surface area (Å²) in [5.74, 6) is 1.87. The van der Waals surface area contributed by atoms with E-state index in [1.165, 1.54) is 16.7 Å². The third kappa shape index (κ3) is 4.96. The van der Waals surface area contributed by atoms with E-state index >= 15 is 0 Å². The minimum absolute atomic E-state index is 0.626. The van der Waals surface area contributed by atoms with Crippen molar-refractivity contribution in [1.82, 2.24) is 0 Å². The summed E-state index contributed by atoms with van der Waals surface area (Å²) in [7, 11) is 0. The van der Waals surface area contributed by atoms with Crippen LogP contribution in [0.3, 0.4) is 0 Å². The minimum Gasteiger partial charge on any atom is -0.493 e. The summed E-state index contributed by atoms with van der Waals surface area (Å²) >= 11 is 0. The summed E-state index contributed by atoms with van der Waals surface area (Å²) < 4.78 is 11.3. The zero-order valence-corrected chi connectivity index (χ0v) is 13.4. The number of hydrogen-bond donors (Lipinski definition) is 0. The smallest absolute Gasteiger partial charge is 0.126 e. The molecule has 2 nitrogen and oxygen atoms in total. The van der Waals surface area contributed by atoms with Crippen molar-refractivity contribution >= 4 is 0 Å². The number of ether oxygens (including phenoxy) is 2. The average molecular weight is 286 g/mol. The van der Waals surface area contributed by atoms with Crippen LogP contribution in [0.1, 0.15) is 45.6 Å². The van der Waals surface area contributed by atoms with Crippen molar-refractivity contribution in [3.63, 3.8) is 0 Å². The number of rotatable bonds is 7. The van der Waals surface area contributed by atoms with Crippen LogP contribution in [0.2, 0.25) is 0 Å². The van der Waals surface area contributed by atoms with Gasteiger partial charge in [0.15, 0.2) is 0 Å². The van der Waals surface area contributed by atoms with Crippen LogP contribution in [0.4, 0.5) is 0 Å². The van der Waals surface area contributed by atoms with E-state index in [9.17, 15) is 0 Å². The topological polar surface area (TPSA) is 18.5 Å². The van der Waals surface area contributed by atoms with Crippen molar-refractivity contribution in [2.45, 2.75) is 46.5 Å².